The Kier molecular flexibility index (Phi) is 4.16. The Balaban J connectivity index is 1.50. The van der Waals surface area contributed by atoms with Crippen molar-refractivity contribution < 1.29 is 5.11 Å². The van der Waals surface area contributed by atoms with Crippen LogP contribution < -0.4 is 0 Å². The van der Waals surface area contributed by atoms with E-state index >= 15 is 0 Å². The summed E-state index contributed by atoms with van der Waals surface area (Å²) < 4.78 is 2.17. The van der Waals surface area contributed by atoms with Crippen molar-refractivity contribution in [3.8, 4) is 0 Å². The summed E-state index contributed by atoms with van der Waals surface area (Å²) in [5.41, 5.74) is 2.71. The topological polar surface area (TPSA) is 82.3 Å². The van der Waals surface area contributed by atoms with Crippen LogP contribution in [0, 0.1) is 11.8 Å². The van der Waals surface area contributed by atoms with Gasteiger partial charge in [0.2, 0.25) is 0 Å². The SMILES string of the molecule is CC[C@@H]1C[C@H](N(CC2CC2)C(C)O)CC1c1nnc2cnc3[nH]ccc3n12. The van der Waals surface area contributed by atoms with Crippen LogP contribution in [0.4, 0.5) is 0 Å². The van der Waals surface area contributed by atoms with Gasteiger partial charge in [0.05, 0.1) is 11.7 Å². The van der Waals surface area contributed by atoms with Crippen LogP contribution in [-0.2, 0) is 0 Å². The molecule has 0 bridgehead atoms. The van der Waals surface area contributed by atoms with E-state index in [4.69, 9.17) is 0 Å². The first-order valence-corrected chi connectivity index (χ1v) is 10.3. The maximum absolute atomic E-state index is 10.4. The Morgan fingerprint density at radius 1 is 1.33 bits per heavy atom. The molecule has 2 N–H and O–H groups in total. The summed E-state index contributed by atoms with van der Waals surface area (Å²) in [6, 6.07) is 2.46. The number of fused-ring (bicyclic) bond motifs is 3. The van der Waals surface area contributed by atoms with Gasteiger partial charge < -0.3 is 10.1 Å². The van der Waals surface area contributed by atoms with Crippen LogP contribution in [0.5, 0.6) is 0 Å². The number of nitrogens with one attached hydrogen (secondary N) is 1. The van der Waals surface area contributed by atoms with Crippen LogP contribution in [0.1, 0.15) is 57.7 Å². The zero-order valence-corrected chi connectivity index (χ0v) is 16.0. The first-order chi connectivity index (χ1) is 13.2. The van der Waals surface area contributed by atoms with Gasteiger partial charge in [-0.2, -0.15) is 0 Å². The number of aromatic amines is 1. The maximum Gasteiger partial charge on any atom is 0.179 e. The molecule has 3 aromatic heterocycles. The Bertz CT molecular complexity index is 942. The maximum atomic E-state index is 10.4. The molecule has 3 heterocycles. The molecule has 0 aliphatic heterocycles. The third-order valence-electron chi connectivity index (χ3n) is 6.61. The summed E-state index contributed by atoms with van der Waals surface area (Å²) in [6.07, 6.45) is 9.21. The average Bonchev–Trinajstić information content (AvgIpc) is 3.07. The first kappa shape index (κ1) is 17.1. The van der Waals surface area contributed by atoms with Crippen LogP contribution in [0.15, 0.2) is 18.5 Å². The number of H-pyrrole nitrogens is 1. The molecule has 0 amide bonds. The van der Waals surface area contributed by atoms with Crippen molar-refractivity contribution in [1.29, 1.82) is 0 Å². The number of aliphatic hydroxyl groups excluding tert-OH is 1. The second kappa shape index (κ2) is 6.56. The van der Waals surface area contributed by atoms with E-state index in [0.29, 0.717) is 17.9 Å². The molecule has 2 unspecified atom stereocenters. The summed E-state index contributed by atoms with van der Waals surface area (Å²) in [5.74, 6) is 2.74. The van der Waals surface area contributed by atoms with Gasteiger partial charge in [-0.15, -0.1) is 10.2 Å². The van der Waals surface area contributed by atoms with Gasteiger partial charge in [0.15, 0.2) is 11.3 Å². The number of hydrogen-bond acceptors (Lipinski definition) is 5. The highest BCUT2D eigenvalue weighted by Gasteiger charge is 2.41. The van der Waals surface area contributed by atoms with E-state index in [1.807, 2.05) is 19.2 Å². The minimum atomic E-state index is -0.386. The molecular formula is C20H28N6O. The lowest BCUT2D eigenvalue weighted by atomic mass is 9.93. The lowest BCUT2D eigenvalue weighted by Gasteiger charge is -2.31. The number of hydrogen-bond donors (Lipinski definition) is 2. The molecule has 27 heavy (non-hydrogen) atoms. The summed E-state index contributed by atoms with van der Waals surface area (Å²) in [4.78, 5) is 9.95. The molecule has 0 aromatic carbocycles. The minimum absolute atomic E-state index is 0.357. The molecule has 2 aliphatic carbocycles. The van der Waals surface area contributed by atoms with E-state index in [2.05, 4.69) is 36.4 Å². The largest absolute Gasteiger partial charge is 0.379 e. The highest BCUT2D eigenvalue weighted by Crippen LogP contribution is 2.44. The van der Waals surface area contributed by atoms with Gasteiger partial charge in [-0.25, -0.2) is 4.98 Å². The van der Waals surface area contributed by atoms with Crippen LogP contribution in [0.3, 0.4) is 0 Å². The van der Waals surface area contributed by atoms with E-state index < -0.39 is 0 Å². The molecule has 3 aromatic rings. The third-order valence-corrected chi connectivity index (χ3v) is 6.61. The smallest absolute Gasteiger partial charge is 0.179 e. The normalized spacial score (nSPS) is 27.2. The van der Waals surface area contributed by atoms with Crippen LogP contribution in [-0.4, -0.2) is 53.4 Å². The van der Waals surface area contributed by atoms with Crippen LogP contribution in [0.2, 0.25) is 0 Å². The van der Waals surface area contributed by atoms with Gasteiger partial charge in [-0.05, 0) is 50.5 Å². The van der Waals surface area contributed by atoms with Crippen molar-refractivity contribution >= 4 is 16.8 Å². The van der Waals surface area contributed by atoms with E-state index in [0.717, 1.165) is 54.4 Å². The van der Waals surface area contributed by atoms with Crippen molar-refractivity contribution in [3.05, 3.63) is 24.3 Å². The molecule has 0 saturated heterocycles. The molecule has 0 spiro atoms. The summed E-state index contributed by atoms with van der Waals surface area (Å²) in [7, 11) is 0. The highest BCUT2D eigenvalue weighted by molar-refractivity contribution is 5.74. The molecular weight excluding hydrogens is 340 g/mol. The van der Waals surface area contributed by atoms with Gasteiger partial charge in [0, 0.05) is 24.7 Å². The summed E-state index contributed by atoms with van der Waals surface area (Å²) >= 11 is 0. The second-order valence-electron chi connectivity index (χ2n) is 8.39. The fourth-order valence-corrected chi connectivity index (χ4v) is 4.98. The third kappa shape index (κ3) is 2.93. The van der Waals surface area contributed by atoms with Crippen LogP contribution in [0.25, 0.3) is 16.8 Å². The molecule has 2 aliphatic rings. The molecule has 0 radical (unpaired) electrons. The highest BCUT2D eigenvalue weighted by atomic mass is 16.3. The Hall–Kier alpha value is -1.99. The molecule has 4 atom stereocenters. The fraction of sp³-hybridized carbons (Fsp3) is 0.650. The first-order valence-electron chi connectivity index (χ1n) is 10.3. The van der Waals surface area contributed by atoms with Gasteiger partial charge in [0.25, 0.3) is 0 Å². The van der Waals surface area contributed by atoms with E-state index in [1.54, 1.807) is 6.20 Å². The minimum Gasteiger partial charge on any atom is -0.379 e. The van der Waals surface area contributed by atoms with E-state index in [-0.39, 0.29) is 6.23 Å². The Labute approximate surface area is 158 Å². The van der Waals surface area contributed by atoms with Gasteiger partial charge in [0.1, 0.15) is 12.1 Å². The summed E-state index contributed by atoms with van der Waals surface area (Å²) in [5, 5.41) is 19.4. The van der Waals surface area contributed by atoms with Crippen molar-refractivity contribution in [1.82, 2.24) is 29.5 Å². The van der Waals surface area contributed by atoms with E-state index in [1.165, 1.54) is 12.8 Å². The number of nitrogens with zero attached hydrogens (tertiary/aromatic N) is 5. The lowest BCUT2D eigenvalue weighted by molar-refractivity contribution is -0.0146. The van der Waals surface area contributed by atoms with Gasteiger partial charge in [-0.1, -0.05) is 13.3 Å². The van der Waals surface area contributed by atoms with E-state index in [9.17, 15) is 5.11 Å². The predicted octanol–water partition coefficient (Wildman–Crippen LogP) is 2.93. The van der Waals surface area contributed by atoms with Gasteiger partial charge in [-0.3, -0.25) is 9.30 Å². The average molecular weight is 368 g/mol. The molecule has 2 saturated carbocycles. The standard InChI is InChI=1S/C20H28N6O/c1-3-14-8-15(25(12(2)27)11-13-4-5-13)9-16(14)20-24-23-18-10-22-19-17(26(18)20)6-7-21-19/h6-7,10,12-16,21,27H,3-5,8-9,11H2,1-2H3/t12?,14-,15+,16?/m1/s1. The summed E-state index contributed by atoms with van der Waals surface area (Å²) in [6.45, 7) is 5.21. The van der Waals surface area contributed by atoms with Gasteiger partial charge >= 0.3 is 0 Å². The van der Waals surface area contributed by atoms with Crippen molar-refractivity contribution in [3.63, 3.8) is 0 Å². The Morgan fingerprint density at radius 2 is 2.19 bits per heavy atom. The molecule has 144 valence electrons. The quantitative estimate of drug-likeness (QED) is 0.654. The zero-order valence-electron chi connectivity index (χ0n) is 16.0. The number of aliphatic hydroxyl groups is 1. The second-order valence-corrected chi connectivity index (χ2v) is 8.39. The molecule has 7 nitrogen and oxygen atoms in total. The Morgan fingerprint density at radius 3 is 2.93 bits per heavy atom. The number of rotatable bonds is 6. The zero-order chi connectivity index (χ0) is 18.5. The van der Waals surface area contributed by atoms with Crippen LogP contribution >= 0.6 is 0 Å². The number of aromatic nitrogens is 5. The lowest BCUT2D eigenvalue weighted by Crippen LogP contribution is -2.42. The van der Waals surface area contributed by atoms with Crippen molar-refractivity contribution in [2.45, 2.75) is 64.1 Å². The predicted molar refractivity (Wildman–Crippen MR) is 103 cm³/mol. The molecule has 7 heteroatoms. The van der Waals surface area contributed by atoms with Crippen molar-refractivity contribution in [2.75, 3.05) is 6.54 Å². The fourth-order valence-electron chi connectivity index (χ4n) is 4.98. The molecule has 5 rings (SSSR count). The monoisotopic (exact) mass is 368 g/mol. The van der Waals surface area contributed by atoms with Crippen molar-refractivity contribution in [2.24, 2.45) is 11.8 Å². The molecule has 2 fully saturated rings.